The summed E-state index contributed by atoms with van der Waals surface area (Å²) in [5, 5.41) is 6.17. The van der Waals surface area contributed by atoms with Gasteiger partial charge in [-0.2, -0.15) is 0 Å². The van der Waals surface area contributed by atoms with Gasteiger partial charge in [0.25, 0.3) is 0 Å². The molecular formula is C32H30Cl3N5. The fourth-order valence-electron chi connectivity index (χ4n) is 5.30. The van der Waals surface area contributed by atoms with Crippen LogP contribution in [0.4, 0.5) is 11.4 Å². The van der Waals surface area contributed by atoms with Crippen LogP contribution in [0.5, 0.6) is 0 Å². The molecule has 3 aromatic carbocycles. The first-order valence-corrected chi connectivity index (χ1v) is 14.8. The normalized spacial score (nSPS) is 14.4. The molecule has 8 heteroatoms. The number of fused-ring (bicyclic) bond motifs is 2. The zero-order chi connectivity index (χ0) is 27.6. The Bertz CT molecular complexity index is 1720. The number of likely N-dealkylation sites (tertiary alicyclic amines) is 1. The lowest BCUT2D eigenvalue weighted by Crippen LogP contribution is -2.21. The molecule has 1 fully saturated rings. The number of para-hydroxylation sites is 2. The van der Waals surface area contributed by atoms with Gasteiger partial charge in [-0.15, -0.1) is 0 Å². The summed E-state index contributed by atoms with van der Waals surface area (Å²) >= 11 is 19.2. The highest BCUT2D eigenvalue weighted by molar-refractivity contribution is 6.42. The average molecular weight is 591 g/mol. The minimum Gasteiger partial charge on any atom is -0.354 e. The summed E-state index contributed by atoms with van der Waals surface area (Å²) in [6.07, 6.45) is 3.60. The summed E-state index contributed by atoms with van der Waals surface area (Å²) in [5.41, 5.74) is 7.35. The molecule has 40 heavy (non-hydrogen) atoms. The van der Waals surface area contributed by atoms with Crippen molar-refractivity contribution in [2.24, 2.45) is 4.99 Å². The van der Waals surface area contributed by atoms with E-state index in [-0.39, 0.29) is 0 Å². The highest BCUT2D eigenvalue weighted by atomic mass is 35.5. The van der Waals surface area contributed by atoms with Crippen molar-refractivity contribution in [1.82, 2.24) is 14.5 Å². The van der Waals surface area contributed by atoms with Crippen molar-refractivity contribution in [2.45, 2.75) is 26.2 Å². The fraction of sp³-hybridized carbons (Fsp3) is 0.250. The maximum atomic E-state index is 6.47. The van der Waals surface area contributed by atoms with Gasteiger partial charge < -0.3 is 14.8 Å². The van der Waals surface area contributed by atoms with E-state index in [1.54, 1.807) is 0 Å². The van der Waals surface area contributed by atoms with Crippen LogP contribution in [0.3, 0.4) is 0 Å². The highest BCUT2D eigenvalue weighted by Gasteiger charge is 2.17. The molecule has 0 saturated carbocycles. The summed E-state index contributed by atoms with van der Waals surface area (Å²) in [6, 6.07) is 24.0. The smallest absolute Gasteiger partial charge is 0.0900 e. The number of benzene rings is 4. The quantitative estimate of drug-likeness (QED) is 0.153. The van der Waals surface area contributed by atoms with Crippen molar-refractivity contribution in [1.29, 1.82) is 0 Å². The number of halogens is 3. The van der Waals surface area contributed by atoms with Crippen LogP contribution in [0.25, 0.3) is 28.1 Å². The maximum absolute atomic E-state index is 6.47. The number of nitrogens with one attached hydrogen (secondary N) is 1. The zero-order valence-electron chi connectivity index (χ0n) is 22.3. The van der Waals surface area contributed by atoms with E-state index in [4.69, 9.17) is 44.8 Å². The van der Waals surface area contributed by atoms with E-state index < -0.39 is 0 Å². The molecule has 3 aliphatic rings. The third-order valence-corrected chi connectivity index (χ3v) is 8.57. The maximum Gasteiger partial charge on any atom is 0.0900 e. The van der Waals surface area contributed by atoms with Crippen molar-refractivity contribution in [3.8, 4) is 17.1 Å². The Balaban J connectivity index is 1.51. The van der Waals surface area contributed by atoms with Crippen LogP contribution in [0.15, 0.2) is 77.8 Å². The van der Waals surface area contributed by atoms with E-state index in [2.05, 4.69) is 33.0 Å². The first kappa shape index (κ1) is 27.1. The molecule has 1 saturated heterocycles. The molecule has 0 spiro atoms. The van der Waals surface area contributed by atoms with Gasteiger partial charge >= 0.3 is 0 Å². The number of hydrogen-bond acceptors (Lipinski definition) is 4. The number of rotatable bonds is 7. The van der Waals surface area contributed by atoms with Crippen LogP contribution in [-0.4, -0.2) is 40.6 Å². The summed E-state index contributed by atoms with van der Waals surface area (Å²) < 4.78 is 2.18. The van der Waals surface area contributed by atoms with E-state index in [0.29, 0.717) is 10.0 Å². The molecule has 0 unspecified atom stereocenters. The predicted octanol–water partition coefficient (Wildman–Crippen LogP) is 8.53. The van der Waals surface area contributed by atoms with E-state index in [1.165, 1.54) is 25.9 Å². The number of anilines is 2. The highest BCUT2D eigenvalue weighted by Crippen LogP contribution is 2.33. The SMILES string of the molecule is Cc1ccc(Nc2cc3nc4ccccc4n(-c4ccc(Cl)c(Cl)c4)c-3cc2=NCCCN2CCCC2)cc1Cl. The molecule has 0 atom stereocenters. The lowest BCUT2D eigenvalue weighted by atomic mass is 10.1. The van der Waals surface area contributed by atoms with Crippen LogP contribution < -0.4 is 10.7 Å². The van der Waals surface area contributed by atoms with Crippen molar-refractivity contribution < 1.29 is 0 Å². The van der Waals surface area contributed by atoms with E-state index in [9.17, 15) is 0 Å². The summed E-state index contributed by atoms with van der Waals surface area (Å²) in [7, 11) is 0. The van der Waals surface area contributed by atoms with Crippen molar-refractivity contribution in [3.05, 3.63) is 98.8 Å². The lowest BCUT2D eigenvalue weighted by molar-refractivity contribution is 0.336. The Kier molecular flexibility index (Phi) is 7.99. The Morgan fingerprint density at radius 1 is 0.875 bits per heavy atom. The third kappa shape index (κ3) is 5.70. The second-order valence-electron chi connectivity index (χ2n) is 10.3. The second kappa shape index (κ2) is 11.8. The third-order valence-electron chi connectivity index (χ3n) is 7.42. The van der Waals surface area contributed by atoms with Gasteiger partial charge in [-0.1, -0.05) is 53.0 Å². The minimum atomic E-state index is 0.502. The molecule has 1 aliphatic carbocycles. The fourth-order valence-corrected chi connectivity index (χ4v) is 5.77. The van der Waals surface area contributed by atoms with Crippen LogP contribution in [0.2, 0.25) is 15.1 Å². The summed E-state index contributed by atoms with van der Waals surface area (Å²) in [4.78, 5) is 12.6. The van der Waals surface area contributed by atoms with Crippen LogP contribution in [0.1, 0.15) is 24.8 Å². The van der Waals surface area contributed by atoms with Gasteiger partial charge in [0.05, 0.1) is 43.5 Å². The molecule has 6 rings (SSSR count). The van der Waals surface area contributed by atoms with Gasteiger partial charge in [-0.3, -0.25) is 4.99 Å². The molecule has 0 radical (unpaired) electrons. The van der Waals surface area contributed by atoms with Gasteiger partial charge in [0.15, 0.2) is 0 Å². The van der Waals surface area contributed by atoms with Gasteiger partial charge in [0.1, 0.15) is 0 Å². The molecule has 1 N–H and O–H groups in total. The Hall–Kier alpha value is -3.09. The molecular weight excluding hydrogens is 561 g/mol. The monoisotopic (exact) mass is 589 g/mol. The average Bonchev–Trinajstić information content (AvgIpc) is 3.47. The largest absolute Gasteiger partial charge is 0.354 e. The van der Waals surface area contributed by atoms with Crippen molar-refractivity contribution in [2.75, 3.05) is 31.5 Å². The molecule has 2 aliphatic heterocycles. The van der Waals surface area contributed by atoms with E-state index in [0.717, 1.165) is 74.9 Å². The van der Waals surface area contributed by atoms with E-state index >= 15 is 0 Å². The number of nitrogens with zero attached hydrogens (tertiary/aromatic N) is 4. The molecule has 3 aromatic rings. The summed E-state index contributed by atoms with van der Waals surface area (Å²) in [5.74, 6) is 0. The second-order valence-corrected chi connectivity index (χ2v) is 11.5. The Morgan fingerprint density at radius 2 is 1.70 bits per heavy atom. The summed E-state index contributed by atoms with van der Waals surface area (Å²) in [6.45, 7) is 6.20. The standard InChI is InChI=1S/C32H30Cl3N5/c1-21-9-10-22(17-25(21)34)37-29-19-30-32(20-28(29)36-13-6-16-39-14-4-5-15-39)40(23-11-12-24(33)26(35)18-23)31-8-3-2-7-27(31)38-30/h2-3,7-12,17-20,37H,4-6,13-16H2,1H3. The van der Waals surface area contributed by atoms with Crippen LogP contribution >= 0.6 is 34.8 Å². The van der Waals surface area contributed by atoms with Gasteiger partial charge in [-0.05, 0) is 106 Å². The molecule has 2 heterocycles. The molecule has 0 bridgehead atoms. The zero-order valence-corrected chi connectivity index (χ0v) is 24.6. The predicted molar refractivity (Wildman–Crippen MR) is 168 cm³/mol. The van der Waals surface area contributed by atoms with Gasteiger partial charge in [0.2, 0.25) is 0 Å². The van der Waals surface area contributed by atoms with E-state index in [1.807, 2.05) is 61.5 Å². The Labute approximate surface area is 249 Å². The van der Waals surface area contributed by atoms with Crippen molar-refractivity contribution in [3.63, 3.8) is 0 Å². The lowest BCUT2D eigenvalue weighted by Gasteiger charge is -2.21. The minimum absolute atomic E-state index is 0.502. The topological polar surface area (TPSA) is 45.5 Å². The van der Waals surface area contributed by atoms with Gasteiger partial charge in [-0.25, -0.2) is 4.98 Å². The number of hydrogen-bond donors (Lipinski definition) is 1. The van der Waals surface area contributed by atoms with Gasteiger partial charge in [0, 0.05) is 22.9 Å². The molecule has 0 amide bonds. The van der Waals surface area contributed by atoms with Crippen molar-refractivity contribution >= 4 is 57.2 Å². The Morgan fingerprint density at radius 3 is 2.50 bits per heavy atom. The first-order chi connectivity index (χ1) is 19.5. The molecule has 5 nitrogen and oxygen atoms in total. The van der Waals surface area contributed by atoms with Crippen LogP contribution in [0, 0.1) is 6.92 Å². The first-order valence-electron chi connectivity index (χ1n) is 13.6. The molecule has 0 aromatic heterocycles. The molecule has 204 valence electrons. The number of aryl methyl sites for hydroxylation is 1. The number of aromatic nitrogens is 2. The van der Waals surface area contributed by atoms with Crippen LogP contribution in [-0.2, 0) is 0 Å².